The lowest BCUT2D eigenvalue weighted by atomic mass is 10.1. The summed E-state index contributed by atoms with van der Waals surface area (Å²) in [5.74, 6) is 2.02. The van der Waals surface area contributed by atoms with Crippen molar-refractivity contribution in [1.29, 1.82) is 0 Å². The predicted molar refractivity (Wildman–Crippen MR) is 58.1 cm³/mol. The van der Waals surface area contributed by atoms with Crippen LogP contribution in [0.3, 0.4) is 0 Å². The standard InChI is InChI=1S/C13H14O2/c1-4-11-12(15-13(2,3)14-11)10-8-6-5-7-9-10/h1,5-9,11-12H,2-3H3/t11-,12-/m1/s1. The van der Waals surface area contributed by atoms with Gasteiger partial charge in [-0.05, 0) is 19.4 Å². The van der Waals surface area contributed by atoms with E-state index in [0.717, 1.165) is 5.56 Å². The topological polar surface area (TPSA) is 18.5 Å². The van der Waals surface area contributed by atoms with Crippen molar-refractivity contribution in [2.75, 3.05) is 0 Å². The molecule has 0 radical (unpaired) electrons. The summed E-state index contributed by atoms with van der Waals surface area (Å²) in [5.41, 5.74) is 1.06. The first-order valence-electron chi connectivity index (χ1n) is 4.99. The SMILES string of the molecule is C#C[C@H]1OC(C)(C)O[C@@H]1c1ccccc1. The molecule has 0 unspecified atom stereocenters. The van der Waals surface area contributed by atoms with Crippen molar-refractivity contribution in [1.82, 2.24) is 0 Å². The van der Waals surface area contributed by atoms with E-state index in [1.54, 1.807) is 0 Å². The van der Waals surface area contributed by atoms with E-state index in [-0.39, 0.29) is 12.2 Å². The maximum absolute atomic E-state index is 5.77. The summed E-state index contributed by atoms with van der Waals surface area (Å²) in [6.07, 6.45) is 4.96. The fraction of sp³-hybridized carbons (Fsp3) is 0.385. The Labute approximate surface area is 90.2 Å². The highest BCUT2D eigenvalue weighted by atomic mass is 16.7. The molecule has 0 bridgehead atoms. The van der Waals surface area contributed by atoms with Gasteiger partial charge in [0.05, 0.1) is 0 Å². The van der Waals surface area contributed by atoms with Gasteiger partial charge >= 0.3 is 0 Å². The third-order valence-corrected chi connectivity index (χ3v) is 2.39. The van der Waals surface area contributed by atoms with Crippen LogP contribution in [0.25, 0.3) is 0 Å². The molecule has 2 rings (SSSR count). The summed E-state index contributed by atoms with van der Waals surface area (Å²) in [4.78, 5) is 0. The van der Waals surface area contributed by atoms with Crippen molar-refractivity contribution >= 4 is 0 Å². The third kappa shape index (κ3) is 2.04. The molecule has 0 amide bonds. The molecule has 1 fully saturated rings. The Morgan fingerprint density at radius 2 is 1.87 bits per heavy atom. The first kappa shape index (κ1) is 10.2. The van der Waals surface area contributed by atoms with Crippen molar-refractivity contribution in [3.05, 3.63) is 35.9 Å². The molecule has 1 aliphatic heterocycles. The zero-order valence-electron chi connectivity index (χ0n) is 8.94. The van der Waals surface area contributed by atoms with E-state index in [0.29, 0.717) is 0 Å². The van der Waals surface area contributed by atoms with Crippen LogP contribution in [-0.2, 0) is 9.47 Å². The minimum atomic E-state index is -0.600. The highest BCUT2D eigenvalue weighted by Gasteiger charge is 2.40. The zero-order valence-corrected chi connectivity index (χ0v) is 8.94. The molecule has 1 aliphatic rings. The van der Waals surface area contributed by atoms with Crippen LogP contribution in [0.4, 0.5) is 0 Å². The van der Waals surface area contributed by atoms with Crippen LogP contribution >= 0.6 is 0 Å². The summed E-state index contributed by atoms with van der Waals surface area (Å²) < 4.78 is 11.4. The largest absolute Gasteiger partial charge is 0.339 e. The second kappa shape index (κ2) is 3.69. The van der Waals surface area contributed by atoms with E-state index in [1.165, 1.54) is 0 Å². The van der Waals surface area contributed by atoms with E-state index < -0.39 is 5.79 Å². The molecule has 0 N–H and O–H groups in total. The monoisotopic (exact) mass is 202 g/mol. The van der Waals surface area contributed by atoms with Crippen molar-refractivity contribution in [3.63, 3.8) is 0 Å². The molecule has 1 heterocycles. The van der Waals surface area contributed by atoms with Crippen LogP contribution in [0.1, 0.15) is 25.5 Å². The van der Waals surface area contributed by atoms with Crippen LogP contribution in [0, 0.1) is 12.3 Å². The third-order valence-electron chi connectivity index (χ3n) is 2.39. The Kier molecular flexibility index (Phi) is 2.52. The molecule has 0 aromatic heterocycles. The second-order valence-electron chi connectivity index (χ2n) is 4.05. The number of hydrogen-bond donors (Lipinski definition) is 0. The average molecular weight is 202 g/mol. The Morgan fingerprint density at radius 3 is 2.47 bits per heavy atom. The van der Waals surface area contributed by atoms with Crippen LogP contribution in [0.15, 0.2) is 30.3 Å². The van der Waals surface area contributed by atoms with Gasteiger partial charge in [0.15, 0.2) is 11.9 Å². The van der Waals surface area contributed by atoms with Gasteiger partial charge in [0, 0.05) is 0 Å². The normalized spacial score (nSPS) is 28.6. The van der Waals surface area contributed by atoms with Crippen LogP contribution in [0.2, 0.25) is 0 Å². The van der Waals surface area contributed by atoms with Crippen molar-refractivity contribution in [2.45, 2.75) is 31.8 Å². The number of benzene rings is 1. The van der Waals surface area contributed by atoms with Gasteiger partial charge in [-0.1, -0.05) is 36.3 Å². The molecule has 15 heavy (non-hydrogen) atoms. The summed E-state index contributed by atoms with van der Waals surface area (Å²) >= 11 is 0. The molecule has 1 aromatic rings. The Balaban J connectivity index is 2.27. The fourth-order valence-electron chi connectivity index (χ4n) is 1.77. The predicted octanol–water partition coefficient (Wildman–Crippen LogP) is 2.51. The molecule has 2 nitrogen and oxygen atoms in total. The second-order valence-corrected chi connectivity index (χ2v) is 4.05. The molecule has 0 aliphatic carbocycles. The van der Waals surface area contributed by atoms with E-state index in [1.807, 2.05) is 44.2 Å². The summed E-state index contributed by atoms with van der Waals surface area (Å²) in [6.45, 7) is 3.75. The van der Waals surface area contributed by atoms with Crippen LogP contribution in [0.5, 0.6) is 0 Å². The fourth-order valence-corrected chi connectivity index (χ4v) is 1.77. The number of hydrogen-bond acceptors (Lipinski definition) is 2. The Bertz CT molecular complexity index is 375. The number of rotatable bonds is 1. The van der Waals surface area contributed by atoms with Gasteiger partial charge in [-0.15, -0.1) is 6.42 Å². The lowest BCUT2D eigenvalue weighted by molar-refractivity contribution is -0.143. The van der Waals surface area contributed by atoms with E-state index in [2.05, 4.69) is 5.92 Å². The summed E-state index contributed by atoms with van der Waals surface area (Å²) in [5, 5.41) is 0. The maximum atomic E-state index is 5.77. The van der Waals surface area contributed by atoms with Crippen molar-refractivity contribution < 1.29 is 9.47 Å². The lowest BCUT2D eigenvalue weighted by Gasteiger charge is -2.16. The summed E-state index contributed by atoms with van der Waals surface area (Å²) in [6, 6.07) is 9.91. The van der Waals surface area contributed by atoms with E-state index >= 15 is 0 Å². The van der Waals surface area contributed by atoms with Gasteiger partial charge in [0.25, 0.3) is 0 Å². The van der Waals surface area contributed by atoms with Gasteiger partial charge in [0.1, 0.15) is 6.10 Å². The Morgan fingerprint density at radius 1 is 1.20 bits per heavy atom. The minimum absolute atomic E-state index is 0.161. The van der Waals surface area contributed by atoms with Gasteiger partial charge in [-0.25, -0.2) is 0 Å². The van der Waals surface area contributed by atoms with E-state index in [9.17, 15) is 0 Å². The molecule has 0 spiro atoms. The summed E-state index contributed by atoms with van der Waals surface area (Å²) in [7, 11) is 0. The minimum Gasteiger partial charge on any atom is -0.339 e. The van der Waals surface area contributed by atoms with Crippen molar-refractivity contribution in [3.8, 4) is 12.3 Å². The lowest BCUT2D eigenvalue weighted by Crippen LogP contribution is -2.20. The highest BCUT2D eigenvalue weighted by molar-refractivity contribution is 5.23. The van der Waals surface area contributed by atoms with Gasteiger partial charge in [-0.2, -0.15) is 0 Å². The number of terminal acetylenes is 1. The first-order chi connectivity index (χ1) is 7.12. The van der Waals surface area contributed by atoms with Crippen LogP contribution in [-0.4, -0.2) is 11.9 Å². The molecule has 78 valence electrons. The first-order valence-corrected chi connectivity index (χ1v) is 4.99. The molecular weight excluding hydrogens is 188 g/mol. The Hall–Kier alpha value is -1.30. The average Bonchev–Trinajstić information content (AvgIpc) is 2.55. The van der Waals surface area contributed by atoms with Gasteiger partial charge < -0.3 is 9.47 Å². The number of ether oxygens (including phenoxy) is 2. The maximum Gasteiger partial charge on any atom is 0.165 e. The van der Waals surface area contributed by atoms with E-state index in [4.69, 9.17) is 15.9 Å². The molecule has 0 saturated carbocycles. The quantitative estimate of drug-likeness (QED) is 0.651. The zero-order chi connectivity index (χ0) is 10.9. The van der Waals surface area contributed by atoms with Gasteiger partial charge in [-0.3, -0.25) is 0 Å². The molecule has 1 aromatic carbocycles. The van der Waals surface area contributed by atoms with Crippen LogP contribution < -0.4 is 0 Å². The highest BCUT2D eigenvalue weighted by Crippen LogP contribution is 2.37. The smallest absolute Gasteiger partial charge is 0.165 e. The van der Waals surface area contributed by atoms with Gasteiger partial charge in [0.2, 0.25) is 0 Å². The molecular formula is C13H14O2. The molecule has 2 atom stereocenters. The van der Waals surface area contributed by atoms with Crippen molar-refractivity contribution in [2.24, 2.45) is 0 Å². The molecule has 2 heteroatoms. The molecule has 1 saturated heterocycles.